The Morgan fingerprint density at radius 1 is 1.06 bits per heavy atom. The molecule has 4 aromatic rings. The molecule has 2 heterocycles. The van der Waals surface area contributed by atoms with Gasteiger partial charge in [-0.25, -0.2) is 13.6 Å². The van der Waals surface area contributed by atoms with Gasteiger partial charge < -0.3 is 9.97 Å². The molecule has 0 saturated heterocycles. The molecule has 34 heavy (non-hydrogen) atoms. The van der Waals surface area contributed by atoms with Crippen LogP contribution in [0.3, 0.4) is 0 Å². The second kappa shape index (κ2) is 8.80. The molecule has 0 atom stereocenters. The van der Waals surface area contributed by atoms with Crippen molar-refractivity contribution in [1.29, 1.82) is 0 Å². The molecule has 0 bridgehead atoms. The summed E-state index contributed by atoms with van der Waals surface area (Å²) in [5.41, 5.74) is -2.52. The van der Waals surface area contributed by atoms with Gasteiger partial charge in [0, 0.05) is 7.05 Å². The van der Waals surface area contributed by atoms with E-state index in [2.05, 4.69) is 19.9 Å². The van der Waals surface area contributed by atoms with E-state index in [1.54, 1.807) is 7.05 Å². The summed E-state index contributed by atoms with van der Waals surface area (Å²) in [5, 5.41) is 4.36. The summed E-state index contributed by atoms with van der Waals surface area (Å²) in [5.74, 6) is -2.13. The Bertz CT molecular complexity index is 1420. The molecule has 4 rings (SSSR count). The molecule has 0 unspecified atom stereocenters. The van der Waals surface area contributed by atoms with Gasteiger partial charge in [0.2, 0.25) is 5.69 Å². The van der Waals surface area contributed by atoms with Crippen LogP contribution in [0.5, 0.6) is 0 Å². The molecule has 0 amide bonds. The average molecular weight is 481 g/mol. The molecular weight excluding hydrogens is 464 g/mol. The summed E-state index contributed by atoms with van der Waals surface area (Å²) in [7, 11) is 1.55. The van der Waals surface area contributed by atoms with Crippen LogP contribution in [0.2, 0.25) is 0 Å². The molecule has 11 heteroatoms. The maximum Gasteiger partial charge on any atom is 1.00 e. The SMILES string of the molecule is [C-]#[N+]c1c(C(C)(C)C)nn(C)c1-c1nc2cc(-c3c(F)cccc3F)cc(C(F)(F)F)c2[n-]1.[Na+]. The van der Waals surface area contributed by atoms with Gasteiger partial charge in [0.15, 0.2) is 0 Å². The summed E-state index contributed by atoms with van der Waals surface area (Å²) in [6.07, 6.45) is -4.86. The van der Waals surface area contributed by atoms with Crippen LogP contribution >= 0.6 is 0 Å². The number of hydrogen-bond acceptors (Lipinski definition) is 2. The van der Waals surface area contributed by atoms with Crippen molar-refractivity contribution < 1.29 is 51.5 Å². The minimum atomic E-state index is -4.86. The van der Waals surface area contributed by atoms with E-state index in [1.165, 1.54) is 4.68 Å². The number of benzene rings is 2. The van der Waals surface area contributed by atoms with Crippen LogP contribution in [0, 0.1) is 18.2 Å². The molecule has 2 aromatic carbocycles. The molecule has 0 radical (unpaired) electrons. The first kappa shape index (κ1) is 25.9. The van der Waals surface area contributed by atoms with Gasteiger partial charge in [-0.05, 0) is 46.0 Å². The number of hydrogen-bond donors (Lipinski definition) is 0. The van der Waals surface area contributed by atoms with Crippen molar-refractivity contribution in [3.8, 4) is 22.6 Å². The Labute approximate surface area is 214 Å². The minimum absolute atomic E-state index is 0. The first-order valence-corrected chi connectivity index (χ1v) is 9.78. The van der Waals surface area contributed by atoms with E-state index >= 15 is 0 Å². The third-order valence-corrected chi connectivity index (χ3v) is 5.15. The predicted molar refractivity (Wildman–Crippen MR) is 113 cm³/mol. The quantitative estimate of drug-likeness (QED) is 0.251. The van der Waals surface area contributed by atoms with Gasteiger partial charge >= 0.3 is 35.7 Å². The van der Waals surface area contributed by atoms with E-state index in [0.29, 0.717) is 11.8 Å². The number of fused-ring (bicyclic) bond motifs is 1. The molecule has 2 aromatic heterocycles. The van der Waals surface area contributed by atoms with Crippen molar-refractivity contribution in [2.45, 2.75) is 32.4 Å². The molecule has 5 nitrogen and oxygen atoms in total. The normalized spacial score (nSPS) is 12.0. The van der Waals surface area contributed by atoms with Crippen LogP contribution in [0.4, 0.5) is 27.6 Å². The Hall–Kier alpha value is -2.74. The molecule has 0 N–H and O–H groups in total. The first-order chi connectivity index (χ1) is 15.3. The van der Waals surface area contributed by atoms with E-state index in [4.69, 9.17) is 6.57 Å². The van der Waals surface area contributed by atoms with Gasteiger partial charge in [0.05, 0.1) is 29.1 Å². The number of aromatic nitrogens is 4. The van der Waals surface area contributed by atoms with Gasteiger partial charge in [-0.2, -0.15) is 18.3 Å². The Morgan fingerprint density at radius 3 is 2.21 bits per heavy atom. The Morgan fingerprint density at radius 2 is 1.68 bits per heavy atom. The third-order valence-electron chi connectivity index (χ3n) is 5.15. The standard InChI is InChI=1S/C23H17F5N5.Na/c1-22(2,3)20-18(29-4)19(33(5)32-20)21-30-15-10-11(16-13(24)7-6-8-14(16)25)9-12(17(15)31-21)23(26,27)28;/h6-10H,1-3,5H3;/q-1;+1. The van der Waals surface area contributed by atoms with Gasteiger partial charge in [-0.15, -0.1) is 0 Å². The smallest absolute Gasteiger partial charge is 0.435 e. The van der Waals surface area contributed by atoms with Crippen LogP contribution < -0.4 is 34.5 Å². The maximum absolute atomic E-state index is 14.3. The number of rotatable bonds is 2. The number of halogens is 5. The number of nitrogens with zero attached hydrogens (tertiary/aromatic N) is 5. The zero-order valence-corrected chi connectivity index (χ0v) is 21.0. The average Bonchev–Trinajstić information content (AvgIpc) is 3.26. The summed E-state index contributed by atoms with van der Waals surface area (Å²) in [4.78, 5) is 11.8. The third kappa shape index (κ3) is 4.35. The molecule has 0 saturated carbocycles. The second-order valence-electron chi connectivity index (χ2n) is 8.56. The topological polar surface area (TPSA) is 49.2 Å². The summed E-state index contributed by atoms with van der Waals surface area (Å²) in [6.45, 7) is 13.2. The number of aryl methyl sites for hydroxylation is 1. The van der Waals surface area contributed by atoms with Crippen LogP contribution in [-0.4, -0.2) is 14.8 Å². The summed E-state index contributed by atoms with van der Waals surface area (Å²) >= 11 is 0. The van der Waals surface area contributed by atoms with E-state index in [9.17, 15) is 22.0 Å². The van der Waals surface area contributed by atoms with Crippen molar-refractivity contribution >= 4 is 16.7 Å². The summed E-state index contributed by atoms with van der Waals surface area (Å²) < 4.78 is 71.6. The first-order valence-electron chi connectivity index (χ1n) is 9.78. The predicted octanol–water partition coefficient (Wildman–Crippen LogP) is 3.41. The zero-order chi connectivity index (χ0) is 24.3. The molecule has 0 aliphatic rings. The van der Waals surface area contributed by atoms with Crippen LogP contribution in [0.1, 0.15) is 32.0 Å². The van der Waals surface area contributed by atoms with Crippen LogP contribution in [-0.2, 0) is 18.6 Å². The molecule has 170 valence electrons. The van der Waals surface area contributed by atoms with E-state index in [0.717, 1.165) is 24.3 Å². The van der Waals surface area contributed by atoms with Gasteiger partial charge in [-0.3, -0.25) is 4.68 Å². The van der Waals surface area contributed by atoms with Gasteiger partial charge in [0.1, 0.15) is 11.6 Å². The molecule has 0 spiro atoms. The van der Waals surface area contributed by atoms with Crippen molar-refractivity contribution in [1.82, 2.24) is 19.7 Å². The monoisotopic (exact) mass is 481 g/mol. The van der Waals surface area contributed by atoms with E-state index < -0.39 is 39.9 Å². The van der Waals surface area contributed by atoms with Crippen LogP contribution in [0.15, 0.2) is 30.3 Å². The molecule has 0 aliphatic carbocycles. The van der Waals surface area contributed by atoms with Crippen molar-refractivity contribution in [3.63, 3.8) is 0 Å². The van der Waals surface area contributed by atoms with Crippen molar-refractivity contribution in [2.24, 2.45) is 7.05 Å². The molecular formula is C23H17F5N5Na. The zero-order valence-electron chi connectivity index (χ0n) is 19.0. The Kier molecular flexibility index (Phi) is 6.70. The van der Waals surface area contributed by atoms with Crippen molar-refractivity contribution in [2.75, 3.05) is 0 Å². The fourth-order valence-electron chi connectivity index (χ4n) is 3.68. The maximum atomic E-state index is 14.3. The Balaban J connectivity index is 0.00000324. The number of alkyl halides is 3. The van der Waals surface area contributed by atoms with E-state index in [-0.39, 0.29) is 57.8 Å². The van der Waals surface area contributed by atoms with E-state index in [1.807, 2.05) is 20.8 Å². The second-order valence-corrected chi connectivity index (χ2v) is 8.56. The minimum Gasteiger partial charge on any atom is -0.435 e. The molecule has 0 aliphatic heterocycles. The van der Waals surface area contributed by atoms with Gasteiger partial charge in [0.25, 0.3) is 0 Å². The molecule has 0 fully saturated rings. The summed E-state index contributed by atoms with van der Waals surface area (Å²) in [6, 6.07) is 4.86. The van der Waals surface area contributed by atoms with Crippen LogP contribution in [0.25, 0.3) is 38.5 Å². The number of imidazole rings is 1. The fourth-order valence-corrected chi connectivity index (χ4v) is 3.68. The fraction of sp³-hybridized carbons (Fsp3) is 0.261. The van der Waals surface area contributed by atoms with Gasteiger partial charge in [-0.1, -0.05) is 32.9 Å². The van der Waals surface area contributed by atoms with Crippen molar-refractivity contribution in [3.05, 3.63) is 64.6 Å². The largest absolute Gasteiger partial charge is 1.00 e.